The minimum Gasteiger partial charge on any atom is -0.384 e. The van der Waals surface area contributed by atoms with Crippen molar-refractivity contribution in [3.8, 4) is 33.9 Å². The number of H-pyrrole nitrogens is 2. The Bertz CT molecular complexity index is 1940. The summed E-state index contributed by atoms with van der Waals surface area (Å²) in [5.41, 5.74) is 7.92. The zero-order valence-corrected chi connectivity index (χ0v) is 25.6. The van der Waals surface area contributed by atoms with E-state index in [1.807, 2.05) is 38.6 Å². The average Bonchev–Trinajstić information content (AvgIpc) is 3.80. The maximum absolute atomic E-state index is 14.7. The van der Waals surface area contributed by atoms with E-state index in [1.165, 1.54) is 37.8 Å². The first kappa shape index (κ1) is 29.0. The van der Waals surface area contributed by atoms with Gasteiger partial charge >= 0.3 is 0 Å². The summed E-state index contributed by atoms with van der Waals surface area (Å²) < 4.78 is 14.7. The van der Waals surface area contributed by atoms with Crippen LogP contribution < -0.4 is 10.6 Å². The van der Waals surface area contributed by atoms with Crippen LogP contribution in [0.5, 0.6) is 0 Å². The van der Waals surface area contributed by atoms with E-state index in [9.17, 15) is 4.39 Å². The summed E-state index contributed by atoms with van der Waals surface area (Å²) in [4.78, 5) is 24.0. The Hall–Kier alpha value is -4.74. The third kappa shape index (κ3) is 6.40. The Kier molecular flexibility index (Phi) is 8.19. The van der Waals surface area contributed by atoms with Gasteiger partial charge in [0.25, 0.3) is 0 Å². The number of rotatable bonds is 11. The Labute approximate surface area is 260 Å². The molecule has 7 rings (SSSR count). The number of aromatic nitrogens is 7. The van der Waals surface area contributed by atoms with Crippen LogP contribution in [-0.4, -0.2) is 73.7 Å². The molecule has 1 aliphatic rings. The lowest BCUT2D eigenvalue weighted by Gasteiger charge is -2.12. The quantitative estimate of drug-likeness (QED) is 0.142. The molecule has 1 aliphatic carbocycles. The Balaban J connectivity index is 1.17. The van der Waals surface area contributed by atoms with Crippen LogP contribution in [-0.2, 0) is 6.54 Å². The molecular formula is C34H37FN10. The average molecular weight is 605 g/mol. The van der Waals surface area contributed by atoms with Gasteiger partial charge < -0.3 is 20.5 Å². The van der Waals surface area contributed by atoms with Crippen LogP contribution in [0.2, 0.25) is 0 Å². The minimum absolute atomic E-state index is 0.325. The fourth-order valence-electron chi connectivity index (χ4n) is 6.14. The van der Waals surface area contributed by atoms with Gasteiger partial charge in [0, 0.05) is 60.4 Å². The van der Waals surface area contributed by atoms with Gasteiger partial charge in [-0.2, -0.15) is 5.10 Å². The van der Waals surface area contributed by atoms with Crippen LogP contribution >= 0.6 is 0 Å². The van der Waals surface area contributed by atoms with E-state index in [-0.39, 0.29) is 5.82 Å². The molecule has 0 aliphatic heterocycles. The molecule has 1 saturated carbocycles. The second kappa shape index (κ2) is 12.7. The molecule has 5 aromatic heterocycles. The Morgan fingerprint density at radius 2 is 1.80 bits per heavy atom. The number of nitrogens with zero attached hydrogens (tertiary/aromatic N) is 6. The number of fused-ring (bicyclic) bond motifs is 2. The van der Waals surface area contributed by atoms with Crippen molar-refractivity contribution in [2.75, 3.05) is 39.0 Å². The highest BCUT2D eigenvalue weighted by atomic mass is 19.1. The van der Waals surface area contributed by atoms with Crippen LogP contribution in [0, 0.1) is 11.7 Å². The molecule has 11 heteroatoms. The van der Waals surface area contributed by atoms with Crippen molar-refractivity contribution in [2.45, 2.75) is 32.2 Å². The van der Waals surface area contributed by atoms with E-state index in [0.717, 1.165) is 64.4 Å². The van der Waals surface area contributed by atoms with E-state index in [2.05, 4.69) is 46.7 Å². The largest absolute Gasteiger partial charge is 0.384 e. The van der Waals surface area contributed by atoms with E-state index in [0.29, 0.717) is 34.8 Å². The number of nitrogens with one attached hydrogen (secondary N) is 4. The highest BCUT2D eigenvalue weighted by Gasteiger charge is 2.18. The first-order valence-corrected chi connectivity index (χ1v) is 15.5. The molecule has 4 N–H and O–H groups in total. The Morgan fingerprint density at radius 3 is 2.67 bits per heavy atom. The Morgan fingerprint density at radius 1 is 0.933 bits per heavy atom. The van der Waals surface area contributed by atoms with Gasteiger partial charge in [-0.25, -0.2) is 9.37 Å². The fraction of sp³-hybridized carbons (Fsp3) is 0.324. The van der Waals surface area contributed by atoms with Crippen molar-refractivity contribution in [3.63, 3.8) is 0 Å². The summed E-state index contributed by atoms with van der Waals surface area (Å²) in [6, 6.07) is 9.10. The third-order valence-electron chi connectivity index (χ3n) is 8.49. The summed E-state index contributed by atoms with van der Waals surface area (Å²) >= 11 is 0. The van der Waals surface area contributed by atoms with E-state index < -0.39 is 0 Å². The molecule has 0 unspecified atom stereocenters. The van der Waals surface area contributed by atoms with Gasteiger partial charge in [0.15, 0.2) is 5.82 Å². The molecule has 0 spiro atoms. The van der Waals surface area contributed by atoms with E-state index in [4.69, 9.17) is 9.97 Å². The number of aromatic amines is 2. The molecule has 0 saturated heterocycles. The second-order valence-corrected chi connectivity index (χ2v) is 12.2. The van der Waals surface area contributed by atoms with Crippen molar-refractivity contribution in [2.24, 2.45) is 5.92 Å². The zero-order valence-electron chi connectivity index (χ0n) is 25.6. The zero-order chi connectivity index (χ0) is 30.8. The van der Waals surface area contributed by atoms with Crippen LogP contribution in [0.15, 0.2) is 61.3 Å². The van der Waals surface area contributed by atoms with Crippen LogP contribution in [0.1, 0.15) is 31.2 Å². The third-order valence-corrected chi connectivity index (χ3v) is 8.49. The van der Waals surface area contributed by atoms with Crippen LogP contribution in [0.4, 0.5) is 10.1 Å². The van der Waals surface area contributed by atoms with Crippen LogP contribution in [0.3, 0.4) is 0 Å². The van der Waals surface area contributed by atoms with Gasteiger partial charge in [-0.1, -0.05) is 12.8 Å². The fourth-order valence-corrected chi connectivity index (χ4v) is 6.14. The first-order valence-electron chi connectivity index (χ1n) is 15.5. The van der Waals surface area contributed by atoms with Crippen molar-refractivity contribution < 1.29 is 4.39 Å². The lowest BCUT2D eigenvalue weighted by molar-refractivity contribution is 0.425. The number of benzene rings is 1. The van der Waals surface area contributed by atoms with Gasteiger partial charge in [0.2, 0.25) is 0 Å². The molecule has 6 aromatic rings. The second-order valence-electron chi connectivity index (χ2n) is 12.2. The van der Waals surface area contributed by atoms with E-state index >= 15 is 0 Å². The van der Waals surface area contributed by atoms with Gasteiger partial charge in [-0.05, 0) is 80.9 Å². The molecule has 45 heavy (non-hydrogen) atoms. The maximum Gasteiger partial charge on any atom is 0.159 e. The topological polar surface area (TPSA) is 123 Å². The van der Waals surface area contributed by atoms with Gasteiger partial charge in [0.1, 0.15) is 11.5 Å². The monoisotopic (exact) mass is 604 g/mol. The smallest absolute Gasteiger partial charge is 0.159 e. The number of likely N-dealkylation sites (N-methyl/N-ethyl adjacent to an activating group) is 1. The first-order chi connectivity index (χ1) is 22.0. The lowest BCUT2D eigenvalue weighted by Crippen LogP contribution is -2.20. The molecule has 230 valence electrons. The van der Waals surface area contributed by atoms with Gasteiger partial charge in [-0.15, -0.1) is 0 Å². The van der Waals surface area contributed by atoms with Crippen molar-refractivity contribution in [3.05, 3.63) is 72.7 Å². The van der Waals surface area contributed by atoms with E-state index in [1.54, 1.807) is 18.6 Å². The molecule has 1 aromatic carbocycles. The highest BCUT2D eigenvalue weighted by Crippen LogP contribution is 2.33. The maximum atomic E-state index is 14.7. The normalized spacial score (nSPS) is 13.9. The summed E-state index contributed by atoms with van der Waals surface area (Å²) in [5, 5.41) is 15.5. The molecule has 1 fully saturated rings. The predicted molar refractivity (Wildman–Crippen MR) is 176 cm³/mol. The minimum atomic E-state index is -0.325. The highest BCUT2D eigenvalue weighted by molar-refractivity contribution is 5.97. The molecule has 5 heterocycles. The molecular weight excluding hydrogens is 567 g/mol. The van der Waals surface area contributed by atoms with Gasteiger partial charge in [0.05, 0.1) is 34.6 Å². The number of pyridine rings is 3. The van der Waals surface area contributed by atoms with Crippen LogP contribution in [0.25, 0.3) is 55.8 Å². The number of hydrogen-bond acceptors (Lipinski definition) is 8. The SMILES string of the molecule is CN(C)CCNc1cc(F)cc(-c2cncc3[nH]c(-c4n[nH]c5cnc(-c6cncc(CNCC7CCCC7)c6)cc45)nc23)c1. The summed E-state index contributed by atoms with van der Waals surface area (Å²) in [6.07, 6.45) is 14.3. The van der Waals surface area contributed by atoms with Crippen molar-refractivity contribution >= 4 is 27.6 Å². The standard InChI is InChI=1S/C34H37FN10/c1-45(2)8-7-39-26-11-23(10-25(35)12-26)28-18-38-19-31-32(28)42-34(41-31)33-27-13-29(40-20-30(27)43-44-33)24-9-22(16-37-17-24)15-36-14-21-5-3-4-6-21/h9-13,16-21,36,39H,3-8,14-15H2,1-2H3,(H,41,42)(H,43,44). The van der Waals surface area contributed by atoms with Crippen molar-refractivity contribution in [1.82, 2.24) is 45.3 Å². The predicted octanol–water partition coefficient (Wildman–Crippen LogP) is 6.02. The summed E-state index contributed by atoms with van der Waals surface area (Å²) in [7, 11) is 4.01. The lowest BCUT2D eigenvalue weighted by atomic mass is 10.1. The molecule has 10 nitrogen and oxygen atoms in total. The molecule has 0 amide bonds. The number of hydrogen-bond donors (Lipinski definition) is 4. The summed E-state index contributed by atoms with van der Waals surface area (Å²) in [6.45, 7) is 3.37. The van der Waals surface area contributed by atoms with Crippen molar-refractivity contribution in [1.29, 1.82) is 0 Å². The molecule has 0 radical (unpaired) electrons. The number of halogens is 1. The number of imidazole rings is 1. The molecule has 0 atom stereocenters. The number of anilines is 1. The molecule has 0 bridgehead atoms. The van der Waals surface area contributed by atoms with Gasteiger partial charge in [-0.3, -0.25) is 20.1 Å². The summed E-state index contributed by atoms with van der Waals surface area (Å²) in [5.74, 6) is 1.05.